The van der Waals surface area contributed by atoms with Crippen LogP contribution in [0.1, 0.15) is 50.6 Å². The van der Waals surface area contributed by atoms with E-state index in [2.05, 4.69) is 12.6 Å². The lowest BCUT2D eigenvalue weighted by molar-refractivity contribution is -0.186. The molecule has 35 heavy (non-hydrogen) atoms. The van der Waals surface area contributed by atoms with E-state index in [4.69, 9.17) is 9.15 Å². The molecule has 0 amide bonds. The van der Waals surface area contributed by atoms with Gasteiger partial charge in [-0.2, -0.15) is 0 Å². The quantitative estimate of drug-likeness (QED) is 0.485. The minimum Gasteiger partial charge on any atom is -0.457 e. The molecule has 186 valence electrons. The minimum atomic E-state index is -2.48. The number of furan rings is 1. The van der Waals surface area contributed by atoms with Gasteiger partial charge >= 0.3 is 5.97 Å². The lowest BCUT2D eigenvalue weighted by Gasteiger charge is -2.60. The number of thiol groups is 1. The van der Waals surface area contributed by atoms with Gasteiger partial charge < -0.3 is 9.15 Å². The molecule has 1 aromatic heterocycles. The molecule has 4 aliphatic carbocycles. The highest BCUT2D eigenvalue weighted by Gasteiger charge is 2.78. The van der Waals surface area contributed by atoms with E-state index in [9.17, 15) is 19.2 Å². The van der Waals surface area contributed by atoms with Crippen LogP contribution in [0.5, 0.6) is 0 Å². The molecule has 1 aromatic rings. The van der Waals surface area contributed by atoms with Gasteiger partial charge in [-0.15, -0.1) is 12.6 Å². The maximum atomic E-state index is 17.2. The second kappa shape index (κ2) is 7.48. The fraction of sp³-hybridized carbons (Fsp3) is 0.538. The summed E-state index contributed by atoms with van der Waals surface area (Å²) in [5.74, 6) is -4.65. The first-order chi connectivity index (χ1) is 16.3. The molecular formula is C26H26F2O6S. The van der Waals surface area contributed by atoms with Gasteiger partial charge in [-0.05, 0) is 55.5 Å². The summed E-state index contributed by atoms with van der Waals surface area (Å²) in [6, 6.07) is 2.88. The largest absolute Gasteiger partial charge is 0.457 e. The number of Topliss-reactive ketones (excluding diaryl/α,β-unsaturated/α-hetero) is 1. The van der Waals surface area contributed by atoms with Crippen molar-refractivity contribution < 1.29 is 37.1 Å². The summed E-state index contributed by atoms with van der Waals surface area (Å²) in [6.45, 7) is 4.77. The van der Waals surface area contributed by atoms with Crippen molar-refractivity contribution in [3.63, 3.8) is 0 Å². The van der Waals surface area contributed by atoms with Gasteiger partial charge in [0.2, 0.25) is 10.9 Å². The smallest absolute Gasteiger partial charge is 0.375 e. The Labute approximate surface area is 206 Å². The molecule has 9 heteroatoms. The summed E-state index contributed by atoms with van der Waals surface area (Å²) in [4.78, 5) is 51.7. The first-order valence-corrected chi connectivity index (χ1v) is 12.1. The van der Waals surface area contributed by atoms with Gasteiger partial charge in [0.1, 0.15) is 6.17 Å². The van der Waals surface area contributed by atoms with Gasteiger partial charge in [0.05, 0.1) is 11.7 Å². The summed E-state index contributed by atoms with van der Waals surface area (Å²) in [6.07, 6.45) is 2.71. The number of hydrogen-bond donors (Lipinski definition) is 1. The third-order valence-electron chi connectivity index (χ3n) is 9.22. The number of alkyl halides is 2. The Morgan fingerprint density at radius 3 is 2.54 bits per heavy atom. The van der Waals surface area contributed by atoms with Crippen molar-refractivity contribution in [2.24, 2.45) is 28.6 Å². The van der Waals surface area contributed by atoms with Crippen molar-refractivity contribution in [3.8, 4) is 0 Å². The van der Waals surface area contributed by atoms with E-state index in [0.717, 1.165) is 6.08 Å². The zero-order chi connectivity index (χ0) is 25.6. The lowest BCUT2D eigenvalue weighted by Crippen LogP contribution is -2.69. The zero-order valence-electron chi connectivity index (χ0n) is 19.5. The van der Waals surface area contributed by atoms with Crippen molar-refractivity contribution in [2.75, 3.05) is 0 Å². The summed E-state index contributed by atoms with van der Waals surface area (Å²) < 4.78 is 43.6. The van der Waals surface area contributed by atoms with Crippen LogP contribution in [0.2, 0.25) is 0 Å². The van der Waals surface area contributed by atoms with E-state index >= 15 is 8.78 Å². The molecule has 3 saturated carbocycles. The molecule has 3 fully saturated rings. The average Bonchev–Trinajstić information content (AvgIpc) is 3.39. The first kappa shape index (κ1) is 24.2. The maximum absolute atomic E-state index is 17.2. The third-order valence-corrected chi connectivity index (χ3v) is 9.56. The van der Waals surface area contributed by atoms with E-state index in [1.165, 1.54) is 37.5 Å². The molecule has 6 nitrogen and oxygen atoms in total. The number of ketones is 2. The third kappa shape index (κ3) is 2.81. The number of rotatable bonds is 3. The van der Waals surface area contributed by atoms with Gasteiger partial charge in [0.15, 0.2) is 22.8 Å². The Balaban J connectivity index is 1.63. The highest BCUT2D eigenvalue weighted by atomic mass is 32.1. The summed E-state index contributed by atoms with van der Waals surface area (Å²) in [5.41, 5.74) is -7.32. The fourth-order valence-corrected chi connectivity index (χ4v) is 8.09. The van der Waals surface area contributed by atoms with Crippen molar-refractivity contribution in [2.45, 2.75) is 57.5 Å². The highest BCUT2D eigenvalue weighted by molar-refractivity contribution is 7.96. The van der Waals surface area contributed by atoms with E-state index < -0.39 is 75.1 Å². The highest BCUT2D eigenvalue weighted by Crippen LogP contribution is 2.70. The van der Waals surface area contributed by atoms with Crippen molar-refractivity contribution >= 4 is 35.3 Å². The topological polar surface area (TPSA) is 90.7 Å². The molecule has 4 aliphatic rings. The predicted molar refractivity (Wildman–Crippen MR) is 123 cm³/mol. The Bertz CT molecular complexity index is 1210. The van der Waals surface area contributed by atoms with E-state index in [1.54, 1.807) is 13.8 Å². The Morgan fingerprint density at radius 1 is 1.20 bits per heavy atom. The molecule has 0 aliphatic heterocycles. The molecule has 0 bridgehead atoms. The van der Waals surface area contributed by atoms with Crippen LogP contribution in [0.4, 0.5) is 8.78 Å². The number of halogens is 2. The van der Waals surface area contributed by atoms with E-state index in [0.29, 0.717) is 0 Å². The number of fused-ring (bicyclic) bond motifs is 5. The summed E-state index contributed by atoms with van der Waals surface area (Å²) in [7, 11) is 0. The van der Waals surface area contributed by atoms with Crippen molar-refractivity contribution in [1.29, 1.82) is 0 Å². The van der Waals surface area contributed by atoms with Crippen LogP contribution < -0.4 is 0 Å². The van der Waals surface area contributed by atoms with E-state index in [1.807, 2.05) is 0 Å². The molecule has 0 saturated heterocycles. The van der Waals surface area contributed by atoms with Crippen molar-refractivity contribution in [1.82, 2.24) is 0 Å². The van der Waals surface area contributed by atoms with Gasteiger partial charge in [0.25, 0.3) is 0 Å². The summed E-state index contributed by atoms with van der Waals surface area (Å²) in [5, 5.41) is -0.753. The molecule has 0 radical (unpaired) electrons. The van der Waals surface area contributed by atoms with Gasteiger partial charge in [0, 0.05) is 23.7 Å². The SMILES string of the molecule is C[C@@H]1CC2C3C[C@H](F)C4=CC(=O)C=C[C@]4(C)[C@@]3(F)C(=O)C[C@]2(C)[C@@]1(OC(=O)c1ccco1)C(=O)S. The van der Waals surface area contributed by atoms with Gasteiger partial charge in [-0.3, -0.25) is 14.4 Å². The van der Waals surface area contributed by atoms with Gasteiger partial charge in [-0.25, -0.2) is 13.6 Å². The maximum Gasteiger partial charge on any atom is 0.375 e. The molecule has 0 aromatic carbocycles. The molecule has 8 atom stereocenters. The monoisotopic (exact) mass is 504 g/mol. The van der Waals surface area contributed by atoms with Crippen molar-refractivity contribution in [3.05, 3.63) is 48.0 Å². The number of ether oxygens (including phenoxy) is 1. The first-order valence-electron chi connectivity index (χ1n) is 11.6. The Hall–Kier alpha value is -2.55. The predicted octanol–water partition coefficient (Wildman–Crippen LogP) is 4.40. The van der Waals surface area contributed by atoms with E-state index in [-0.39, 0.29) is 24.2 Å². The standard InChI is InChI=1S/C26H26F2O6S/c1-13-9-15-16-11-18(27)17-10-14(29)6-7-23(17,2)25(16,28)20(30)12-24(15,3)26(13,22(32)35)34-21(31)19-5-4-8-33-19/h4-8,10,13,15-16,18H,9,11-12H2,1-3H3,(H,32,35)/t13-,15?,16?,18+,23+,24+,25+,26+/m1/s1. The number of carbonyl (C=O) groups excluding carboxylic acids is 4. The van der Waals surface area contributed by atoms with Gasteiger partial charge in [-0.1, -0.05) is 19.9 Å². The molecule has 1 heterocycles. The minimum absolute atomic E-state index is 0.0347. The number of allylic oxidation sites excluding steroid dienone is 4. The fourth-order valence-electron chi connectivity index (χ4n) is 7.56. The van der Waals surface area contributed by atoms with Crippen LogP contribution in [-0.2, 0) is 19.1 Å². The van der Waals surface area contributed by atoms with Crippen LogP contribution in [-0.4, -0.2) is 40.1 Å². The zero-order valence-corrected chi connectivity index (χ0v) is 20.4. The molecule has 2 unspecified atom stereocenters. The summed E-state index contributed by atoms with van der Waals surface area (Å²) >= 11 is 4.08. The number of hydrogen-bond acceptors (Lipinski definition) is 6. The number of esters is 1. The Kier molecular flexibility index (Phi) is 5.16. The lowest BCUT2D eigenvalue weighted by atomic mass is 9.45. The van der Waals surface area contributed by atoms with Crippen LogP contribution in [0, 0.1) is 28.6 Å². The van der Waals surface area contributed by atoms with Crippen LogP contribution in [0.25, 0.3) is 0 Å². The Morgan fingerprint density at radius 2 is 1.91 bits per heavy atom. The van der Waals surface area contributed by atoms with Crippen LogP contribution >= 0.6 is 12.6 Å². The normalized spacial score (nSPS) is 44.2. The van der Waals surface area contributed by atoms with Crippen LogP contribution in [0.15, 0.2) is 46.6 Å². The molecule has 0 spiro atoms. The molecular weight excluding hydrogens is 478 g/mol. The van der Waals surface area contributed by atoms with Crippen LogP contribution in [0.3, 0.4) is 0 Å². The molecule has 5 rings (SSSR count). The number of carbonyl (C=O) groups is 4. The average molecular weight is 505 g/mol. The second-order valence-electron chi connectivity index (χ2n) is 10.7. The molecule has 0 N–H and O–H groups in total. The second-order valence-corrected chi connectivity index (χ2v) is 11.1.